The summed E-state index contributed by atoms with van der Waals surface area (Å²) in [6.45, 7) is 0.857. The van der Waals surface area contributed by atoms with Crippen LogP contribution >= 0.6 is 11.6 Å². The van der Waals surface area contributed by atoms with Crippen LogP contribution in [0.1, 0.15) is 18.4 Å². The van der Waals surface area contributed by atoms with Crippen LogP contribution in [0.4, 0.5) is 0 Å². The van der Waals surface area contributed by atoms with E-state index in [4.69, 9.17) is 21.4 Å². The quantitative estimate of drug-likeness (QED) is 0.926. The van der Waals surface area contributed by atoms with E-state index < -0.39 is 11.9 Å². The van der Waals surface area contributed by atoms with Crippen molar-refractivity contribution in [1.29, 1.82) is 0 Å². The third kappa shape index (κ3) is 3.67. The van der Waals surface area contributed by atoms with E-state index in [9.17, 15) is 9.59 Å². The van der Waals surface area contributed by atoms with Gasteiger partial charge >= 0.3 is 5.97 Å². The molecule has 1 saturated heterocycles. The smallest absolute Gasteiger partial charge is 0.308 e. The standard InChI is InChI=1S/C15H18ClNO4/c1-21-13-6-2-5-12(16)11(13)8-14(18)17-7-3-4-10(9-17)15(19)20/h2,5-6,10H,3-4,7-9H2,1H3,(H,19,20). The number of likely N-dealkylation sites (tertiary alicyclic amines) is 1. The molecule has 1 aliphatic rings. The van der Waals surface area contributed by atoms with Gasteiger partial charge in [-0.2, -0.15) is 0 Å². The van der Waals surface area contributed by atoms with Crippen LogP contribution in [0, 0.1) is 5.92 Å². The van der Waals surface area contributed by atoms with E-state index in [0.29, 0.717) is 35.7 Å². The Kier molecular flexibility index (Phi) is 5.07. The maximum atomic E-state index is 12.4. The summed E-state index contributed by atoms with van der Waals surface area (Å²) in [6.07, 6.45) is 1.45. The number of hydrogen-bond acceptors (Lipinski definition) is 3. The number of carbonyl (C=O) groups is 2. The van der Waals surface area contributed by atoms with E-state index in [1.165, 1.54) is 7.11 Å². The monoisotopic (exact) mass is 311 g/mol. The molecule has 2 rings (SSSR count). The average molecular weight is 312 g/mol. The molecule has 1 aromatic rings. The number of amides is 1. The Bertz CT molecular complexity index is 546. The molecule has 1 amide bonds. The Morgan fingerprint density at radius 1 is 1.48 bits per heavy atom. The summed E-state index contributed by atoms with van der Waals surface area (Å²) in [5, 5.41) is 9.56. The predicted octanol–water partition coefficient (Wildman–Crippen LogP) is 2.21. The first-order valence-corrected chi connectivity index (χ1v) is 7.22. The van der Waals surface area contributed by atoms with Crippen molar-refractivity contribution in [3.05, 3.63) is 28.8 Å². The molecule has 114 valence electrons. The summed E-state index contributed by atoms with van der Waals surface area (Å²) < 4.78 is 5.22. The maximum Gasteiger partial charge on any atom is 0.308 e. The van der Waals surface area contributed by atoms with E-state index in [-0.39, 0.29) is 18.9 Å². The van der Waals surface area contributed by atoms with Gasteiger partial charge in [-0.25, -0.2) is 0 Å². The van der Waals surface area contributed by atoms with Gasteiger partial charge in [0.25, 0.3) is 0 Å². The molecule has 0 spiro atoms. The first-order chi connectivity index (χ1) is 10.0. The molecular formula is C15H18ClNO4. The fraction of sp³-hybridized carbons (Fsp3) is 0.467. The van der Waals surface area contributed by atoms with Crippen molar-refractivity contribution in [2.45, 2.75) is 19.3 Å². The normalized spacial score (nSPS) is 18.4. The summed E-state index contributed by atoms with van der Waals surface area (Å²) in [7, 11) is 1.53. The van der Waals surface area contributed by atoms with E-state index in [1.807, 2.05) is 0 Å². The molecule has 0 aliphatic carbocycles. The number of halogens is 1. The Morgan fingerprint density at radius 3 is 2.90 bits per heavy atom. The number of benzene rings is 1. The number of hydrogen-bond donors (Lipinski definition) is 1. The van der Waals surface area contributed by atoms with Gasteiger partial charge in [0.1, 0.15) is 5.75 Å². The van der Waals surface area contributed by atoms with Crippen LogP contribution in [0.25, 0.3) is 0 Å². The molecule has 0 saturated carbocycles. The maximum absolute atomic E-state index is 12.4. The van der Waals surface area contributed by atoms with Crippen LogP contribution < -0.4 is 4.74 Å². The Morgan fingerprint density at radius 2 is 2.24 bits per heavy atom. The molecule has 1 heterocycles. The van der Waals surface area contributed by atoms with Crippen molar-refractivity contribution in [3.8, 4) is 5.75 Å². The lowest BCUT2D eigenvalue weighted by Crippen LogP contribution is -2.43. The van der Waals surface area contributed by atoms with E-state index in [0.717, 1.165) is 0 Å². The Hall–Kier alpha value is -1.75. The highest BCUT2D eigenvalue weighted by Gasteiger charge is 2.28. The highest BCUT2D eigenvalue weighted by Crippen LogP contribution is 2.28. The van der Waals surface area contributed by atoms with Crippen LogP contribution in [-0.4, -0.2) is 42.1 Å². The minimum Gasteiger partial charge on any atom is -0.496 e. The minimum atomic E-state index is -0.845. The number of piperidine rings is 1. The van der Waals surface area contributed by atoms with E-state index >= 15 is 0 Å². The predicted molar refractivity (Wildman–Crippen MR) is 78.6 cm³/mol. The van der Waals surface area contributed by atoms with Crippen molar-refractivity contribution in [2.24, 2.45) is 5.92 Å². The molecule has 0 bridgehead atoms. The number of methoxy groups -OCH3 is 1. The fourth-order valence-corrected chi connectivity index (χ4v) is 2.80. The summed E-state index contributed by atoms with van der Waals surface area (Å²) >= 11 is 6.13. The molecule has 1 atom stereocenters. The summed E-state index contributed by atoms with van der Waals surface area (Å²) in [5.41, 5.74) is 0.643. The zero-order valence-electron chi connectivity index (χ0n) is 11.8. The molecule has 6 heteroatoms. The van der Waals surface area contributed by atoms with Crippen LogP contribution in [0.2, 0.25) is 5.02 Å². The zero-order valence-corrected chi connectivity index (χ0v) is 12.6. The Balaban J connectivity index is 2.09. The third-order valence-electron chi connectivity index (χ3n) is 3.75. The van der Waals surface area contributed by atoms with Gasteiger partial charge in [-0.3, -0.25) is 9.59 Å². The fourth-order valence-electron chi connectivity index (χ4n) is 2.57. The number of rotatable bonds is 4. The highest BCUT2D eigenvalue weighted by atomic mass is 35.5. The van der Waals surface area contributed by atoms with Crippen molar-refractivity contribution < 1.29 is 19.4 Å². The highest BCUT2D eigenvalue weighted by molar-refractivity contribution is 6.31. The minimum absolute atomic E-state index is 0.118. The second-order valence-electron chi connectivity index (χ2n) is 5.11. The molecule has 5 nitrogen and oxygen atoms in total. The van der Waals surface area contributed by atoms with Crippen LogP contribution in [0.15, 0.2) is 18.2 Å². The zero-order chi connectivity index (χ0) is 15.4. The molecule has 0 aromatic heterocycles. The first kappa shape index (κ1) is 15.6. The number of nitrogens with zero attached hydrogens (tertiary/aromatic N) is 1. The molecule has 0 radical (unpaired) electrons. The second kappa shape index (κ2) is 6.80. The second-order valence-corrected chi connectivity index (χ2v) is 5.52. The Labute approximate surface area is 128 Å². The molecule has 21 heavy (non-hydrogen) atoms. The van der Waals surface area contributed by atoms with Crippen LogP contribution in [0.3, 0.4) is 0 Å². The topological polar surface area (TPSA) is 66.8 Å². The number of aliphatic carboxylic acids is 1. The lowest BCUT2D eigenvalue weighted by Gasteiger charge is -2.31. The summed E-state index contributed by atoms with van der Waals surface area (Å²) in [4.78, 5) is 25.0. The van der Waals surface area contributed by atoms with Gasteiger partial charge < -0.3 is 14.7 Å². The molecule has 1 aliphatic heterocycles. The lowest BCUT2D eigenvalue weighted by atomic mass is 9.97. The number of carbonyl (C=O) groups excluding carboxylic acids is 1. The van der Waals surface area contributed by atoms with Gasteiger partial charge in [-0.1, -0.05) is 17.7 Å². The average Bonchev–Trinajstić information content (AvgIpc) is 2.49. The van der Waals surface area contributed by atoms with Gasteiger partial charge in [0, 0.05) is 23.7 Å². The first-order valence-electron chi connectivity index (χ1n) is 6.85. The largest absolute Gasteiger partial charge is 0.496 e. The number of carboxylic acids is 1. The number of ether oxygens (including phenoxy) is 1. The van der Waals surface area contributed by atoms with Gasteiger partial charge in [0.2, 0.25) is 5.91 Å². The molecule has 1 fully saturated rings. The lowest BCUT2D eigenvalue weighted by molar-refractivity contribution is -0.145. The molecule has 1 aromatic carbocycles. The van der Waals surface area contributed by atoms with Gasteiger partial charge in [-0.15, -0.1) is 0 Å². The van der Waals surface area contributed by atoms with Crippen LogP contribution in [-0.2, 0) is 16.0 Å². The van der Waals surface area contributed by atoms with E-state index in [1.54, 1.807) is 23.1 Å². The molecule has 1 N–H and O–H groups in total. The van der Waals surface area contributed by atoms with Crippen molar-refractivity contribution in [2.75, 3.05) is 20.2 Å². The van der Waals surface area contributed by atoms with E-state index in [2.05, 4.69) is 0 Å². The SMILES string of the molecule is COc1cccc(Cl)c1CC(=O)N1CCCC(C(=O)O)C1. The van der Waals surface area contributed by atoms with Crippen molar-refractivity contribution in [3.63, 3.8) is 0 Å². The summed E-state index contributed by atoms with van der Waals surface area (Å²) in [6, 6.07) is 5.23. The third-order valence-corrected chi connectivity index (χ3v) is 4.10. The van der Waals surface area contributed by atoms with Gasteiger partial charge in [0.05, 0.1) is 19.4 Å². The van der Waals surface area contributed by atoms with Crippen LogP contribution in [0.5, 0.6) is 5.75 Å². The van der Waals surface area contributed by atoms with Crippen molar-refractivity contribution in [1.82, 2.24) is 4.90 Å². The van der Waals surface area contributed by atoms with Gasteiger partial charge in [-0.05, 0) is 25.0 Å². The van der Waals surface area contributed by atoms with Gasteiger partial charge in [0.15, 0.2) is 0 Å². The molecule has 1 unspecified atom stereocenters. The molecular weight excluding hydrogens is 294 g/mol. The number of carboxylic acid groups (broad SMARTS) is 1. The summed E-state index contributed by atoms with van der Waals surface area (Å²) in [5.74, 6) is -0.867. The van der Waals surface area contributed by atoms with Crippen molar-refractivity contribution >= 4 is 23.5 Å².